The quantitative estimate of drug-likeness (QED) is 0.854. The summed E-state index contributed by atoms with van der Waals surface area (Å²) in [5.41, 5.74) is 7.53. The number of likely N-dealkylation sites (N-methyl/N-ethyl adjacent to an activating group) is 2. The maximum absolute atomic E-state index is 6.29. The van der Waals surface area contributed by atoms with Gasteiger partial charge in [-0.25, -0.2) is 0 Å². The molecule has 1 aromatic rings. The molecular formula is C14H23N3. The van der Waals surface area contributed by atoms with Gasteiger partial charge in [-0.15, -0.1) is 0 Å². The van der Waals surface area contributed by atoms with Crippen LogP contribution in [0.1, 0.15) is 18.0 Å². The van der Waals surface area contributed by atoms with Crippen molar-refractivity contribution < 1.29 is 0 Å². The van der Waals surface area contributed by atoms with Crippen LogP contribution in [0.2, 0.25) is 0 Å². The van der Waals surface area contributed by atoms with E-state index in [0.717, 1.165) is 26.1 Å². The molecule has 0 amide bonds. The zero-order valence-corrected chi connectivity index (χ0v) is 10.8. The van der Waals surface area contributed by atoms with Crippen LogP contribution in [0, 0.1) is 0 Å². The van der Waals surface area contributed by atoms with E-state index in [1.54, 1.807) is 0 Å². The topological polar surface area (TPSA) is 32.5 Å². The van der Waals surface area contributed by atoms with Crippen LogP contribution >= 0.6 is 0 Å². The van der Waals surface area contributed by atoms with Crippen LogP contribution in [0.5, 0.6) is 0 Å². The molecule has 2 rings (SSSR count). The molecule has 3 nitrogen and oxygen atoms in total. The van der Waals surface area contributed by atoms with Crippen molar-refractivity contribution in [2.45, 2.75) is 18.5 Å². The van der Waals surface area contributed by atoms with Gasteiger partial charge < -0.3 is 15.5 Å². The van der Waals surface area contributed by atoms with Crippen molar-refractivity contribution in [3.05, 3.63) is 35.9 Å². The summed E-state index contributed by atoms with van der Waals surface area (Å²) in [6.07, 6.45) is 1.03. The maximum Gasteiger partial charge on any atom is 0.0310 e. The summed E-state index contributed by atoms with van der Waals surface area (Å²) >= 11 is 0. The first-order valence-corrected chi connectivity index (χ1v) is 6.36. The minimum absolute atomic E-state index is 0.148. The van der Waals surface area contributed by atoms with Gasteiger partial charge in [0.25, 0.3) is 0 Å². The summed E-state index contributed by atoms with van der Waals surface area (Å²) in [7, 11) is 4.39. The van der Waals surface area contributed by atoms with Crippen LogP contribution in [-0.2, 0) is 0 Å². The summed E-state index contributed by atoms with van der Waals surface area (Å²) in [5, 5.41) is 0. The zero-order valence-electron chi connectivity index (χ0n) is 10.8. The second kappa shape index (κ2) is 5.63. The van der Waals surface area contributed by atoms with E-state index >= 15 is 0 Å². The van der Waals surface area contributed by atoms with E-state index in [1.165, 1.54) is 5.56 Å². The molecular weight excluding hydrogens is 210 g/mol. The minimum atomic E-state index is 0.148. The SMILES string of the molecule is CN1CCN(C)C(CC(N)c2ccccc2)C1. The molecule has 0 aliphatic carbocycles. The van der Waals surface area contributed by atoms with Gasteiger partial charge >= 0.3 is 0 Å². The number of hydrogen-bond donors (Lipinski definition) is 1. The normalized spacial score (nSPS) is 24.8. The smallest absolute Gasteiger partial charge is 0.0310 e. The summed E-state index contributed by atoms with van der Waals surface area (Å²) in [6, 6.07) is 11.1. The van der Waals surface area contributed by atoms with E-state index in [0.29, 0.717) is 6.04 Å². The molecule has 2 unspecified atom stereocenters. The van der Waals surface area contributed by atoms with Crippen molar-refractivity contribution in [2.75, 3.05) is 33.7 Å². The Morgan fingerprint density at radius 3 is 2.65 bits per heavy atom. The number of benzene rings is 1. The Kier molecular flexibility index (Phi) is 4.15. The Labute approximate surface area is 104 Å². The fraction of sp³-hybridized carbons (Fsp3) is 0.571. The molecule has 94 valence electrons. The third-order valence-electron chi connectivity index (χ3n) is 3.73. The van der Waals surface area contributed by atoms with Gasteiger partial charge in [0.1, 0.15) is 0 Å². The van der Waals surface area contributed by atoms with E-state index in [9.17, 15) is 0 Å². The maximum atomic E-state index is 6.29. The highest BCUT2D eigenvalue weighted by Crippen LogP contribution is 2.19. The van der Waals surface area contributed by atoms with Crippen molar-refractivity contribution >= 4 is 0 Å². The highest BCUT2D eigenvalue weighted by atomic mass is 15.3. The molecule has 0 aromatic heterocycles. The third kappa shape index (κ3) is 3.28. The average molecular weight is 233 g/mol. The van der Waals surface area contributed by atoms with Gasteiger partial charge in [0.15, 0.2) is 0 Å². The van der Waals surface area contributed by atoms with Crippen molar-refractivity contribution in [3.8, 4) is 0 Å². The predicted octanol–water partition coefficient (Wildman–Crippen LogP) is 1.32. The number of rotatable bonds is 3. The summed E-state index contributed by atoms with van der Waals surface area (Å²) in [5.74, 6) is 0. The molecule has 1 aliphatic rings. The Bertz CT molecular complexity index is 339. The first kappa shape index (κ1) is 12.6. The van der Waals surface area contributed by atoms with Gasteiger partial charge in [0.2, 0.25) is 0 Å². The van der Waals surface area contributed by atoms with Gasteiger partial charge in [-0.2, -0.15) is 0 Å². The fourth-order valence-corrected chi connectivity index (χ4v) is 2.49. The largest absolute Gasteiger partial charge is 0.324 e. The molecule has 1 heterocycles. The standard InChI is InChI=1S/C14H23N3/c1-16-8-9-17(2)13(11-16)10-14(15)12-6-4-3-5-7-12/h3-7,13-14H,8-11,15H2,1-2H3. The molecule has 1 aromatic carbocycles. The second-order valence-corrected chi connectivity index (χ2v) is 5.15. The molecule has 0 radical (unpaired) electrons. The fourth-order valence-electron chi connectivity index (χ4n) is 2.49. The molecule has 2 atom stereocenters. The molecule has 17 heavy (non-hydrogen) atoms. The Morgan fingerprint density at radius 2 is 1.94 bits per heavy atom. The lowest BCUT2D eigenvalue weighted by molar-refractivity contribution is 0.104. The first-order chi connectivity index (χ1) is 8.16. The molecule has 0 spiro atoms. The number of nitrogens with zero attached hydrogens (tertiary/aromatic N) is 2. The molecule has 0 bridgehead atoms. The number of hydrogen-bond acceptors (Lipinski definition) is 3. The highest BCUT2D eigenvalue weighted by molar-refractivity contribution is 5.18. The van der Waals surface area contributed by atoms with E-state index in [2.05, 4.69) is 48.2 Å². The van der Waals surface area contributed by atoms with Crippen molar-refractivity contribution in [3.63, 3.8) is 0 Å². The number of nitrogens with two attached hydrogens (primary N) is 1. The zero-order chi connectivity index (χ0) is 12.3. The Balaban J connectivity index is 1.96. The van der Waals surface area contributed by atoms with Crippen molar-refractivity contribution in [2.24, 2.45) is 5.73 Å². The molecule has 1 fully saturated rings. The van der Waals surface area contributed by atoms with Crippen molar-refractivity contribution in [1.29, 1.82) is 0 Å². The monoisotopic (exact) mass is 233 g/mol. The lowest BCUT2D eigenvalue weighted by Crippen LogP contribution is -2.50. The van der Waals surface area contributed by atoms with Gasteiger partial charge in [0, 0.05) is 31.7 Å². The first-order valence-electron chi connectivity index (χ1n) is 6.36. The predicted molar refractivity (Wildman–Crippen MR) is 71.9 cm³/mol. The van der Waals surface area contributed by atoms with Crippen LogP contribution in [0.25, 0.3) is 0 Å². The summed E-state index contributed by atoms with van der Waals surface area (Å²) in [6.45, 7) is 3.42. The van der Waals surface area contributed by atoms with Crippen LogP contribution < -0.4 is 5.73 Å². The highest BCUT2D eigenvalue weighted by Gasteiger charge is 2.24. The molecule has 1 saturated heterocycles. The van der Waals surface area contributed by atoms with Gasteiger partial charge in [-0.3, -0.25) is 0 Å². The number of piperazine rings is 1. The molecule has 1 aliphatic heterocycles. The van der Waals surface area contributed by atoms with Crippen LogP contribution in [0.3, 0.4) is 0 Å². The summed E-state index contributed by atoms with van der Waals surface area (Å²) in [4.78, 5) is 4.82. The van der Waals surface area contributed by atoms with Gasteiger partial charge in [-0.1, -0.05) is 30.3 Å². The van der Waals surface area contributed by atoms with E-state index < -0.39 is 0 Å². The molecule has 3 heteroatoms. The van der Waals surface area contributed by atoms with Crippen LogP contribution in [-0.4, -0.2) is 49.6 Å². The van der Waals surface area contributed by atoms with Crippen LogP contribution in [0.15, 0.2) is 30.3 Å². The van der Waals surface area contributed by atoms with E-state index in [1.807, 2.05) is 6.07 Å². The molecule has 2 N–H and O–H groups in total. The van der Waals surface area contributed by atoms with E-state index in [4.69, 9.17) is 5.73 Å². The third-order valence-corrected chi connectivity index (χ3v) is 3.73. The minimum Gasteiger partial charge on any atom is -0.324 e. The molecule has 0 saturated carbocycles. The van der Waals surface area contributed by atoms with Crippen molar-refractivity contribution in [1.82, 2.24) is 9.80 Å². The lowest BCUT2D eigenvalue weighted by Gasteiger charge is -2.38. The second-order valence-electron chi connectivity index (χ2n) is 5.15. The Morgan fingerprint density at radius 1 is 1.24 bits per heavy atom. The van der Waals surface area contributed by atoms with Crippen LogP contribution in [0.4, 0.5) is 0 Å². The van der Waals surface area contributed by atoms with E-state index in [-0.39, 0.29) is 6.04 Å². The lowest BCUT2D eigenvalue weighted by atomic mass is 9.98. The summed E-state index contributed by atoms with van der Waals surface area (Å²) < 4.78 is 0. The average Bonchev–Trinajstić information content (AvgIpc) is 2.35. The van der Waals surface area contributed by atoms with Gasteiger partial charge in [0.05, 0.1) is 0 Å². The van der Waals surface area contributed by atoms with Gasteiger partial charge in [-0.05, 0) is 26.1 Å². The Hall–Kier alpha value is -0.900.